The summed E-state index contributed by atoms with van der Waals surface area (Å²) >= 11 is 1.54. The molecule has 7 nitrogen and oxygen atoms in total. The third kappa shape index (κ3) is 3.93. The number of thioether (sulfide) groups is 1. The highest BCUT2D eigenvalue weighted by atomic mass is 32.2. The molecule has 0 fully saturated rings. The van der Waals surface area contributed by atoms with Crippen LogP contribution in [0.2, 0.25) is 0 Å². The van der Waals surface area contributed by atoms with Crippen molar-refractivity contribution >= 4 is 28.4 Å². The lowest BCUT2D eigenvalue weighted by Gasteiger charge is -2.09. The highest BCUT2D eigenvalue weighted by molar-refractivity contribution is 7.99. The fraction of sp³-hybridized carbons (Fsp3) is 0.286. The molecule has 2 aromatic heterocycles. The lowest BCUT2D eigenvalue weighted by Crippen LogP contribution is -2.20. The number of aromatic nitrogens is 4. The second-order valence-corrected chi connectivity index (χ2v) is 7.58. The molecule has 8 heteroatoms. The number of nitrogens with zero attached hydrogens (tertiary/aromatic N) is 4. The number of aryl methyl sites for hydroxylation is 1. The van der Waals surface area contributed by atoms with Gasteiger partial charge in [-0.05, 0) is 42.8 Å². The molecule has 0 saturated heterocycles. The summed E-state index contributed by atoms with van der Waals surface area (Å²) < 4.78 is 14.8. The van der Waals surface area contributed by atoms with Gasteiger partial charge in [-0.2, -0.15) is 0 Å². The zero-order valence-corrected chi connectivity index (χ0v) is 17.2. The van der Waals surface area contributed by atoms with E-state index >= 15 is 0 Å². The van der Waals surface area contributed by atoms with E-state index in [4.69, 9.17) is 9.47 Å². The van der Waals surface area contributed by atoms with Gasteiger partial charge in [-0.3, -0.25) is 13.8 Å². The quantitative estimate of drug-likeness (QED) is 0.327. The monoisotopic (exact) mass is 410 g/mol. The summed E-state index contributed by atoms with van der Waals surface area (Å²) in [6, 6.07) is 15.1. The van der Waals surface area contributed by atoms with E-state index in [-0.39, 0.29) is 5.56 Å². The van der Waals surface area contributed by atoms with Crippen molar-refractivity contribution in [2.75, 3.05) is 19.0 Å². The maximum Gasteiger partial charge on any atom is 0.262 e. The molecule has 0 amide bonds. The maximum absolute atomic E-state index is 12.5. The van der Waals surface area contributed by atoms with Crippen LogP contribution in [0.3, 0.4) is 0 Å². The lowest BCUT2D eigenvalue weighted by atomic mass is 10.2. The van der Waals surface area contributed by atoms with Crippen molar-refractivity contribution in [2.45, 2.75) is 18.5 Å². The van der Waals surface area contributed by atoms with Crippen LogP contribution < -0.4 is 15.0 Å². The van der Waals surface area contributed by atoms with Gasteiger partial charge in [0.2, 0.25) is 5.78 Å². The predicted molar refractivity (Wildman–Crippen MR) is 114 cm³/mol. The van der Waals surface area contributed by atoms with Crippen molar-refractivity contribution in [2.24, 2.45) is 7.05 Å². The summed E-state index contributed by atoms with van der Waals surface area (Å²) in [5.41, 5.74) is 0.730. The first kappa shape index (κ1) is 19.3. The molecule has 0 unspecified atom stereocenters. The van der Waals surface area contributed by atoms with Gasteiger partial charge in [-0.1, -0.05) is 30.8 Å². The highest BCUT2D eigenvalue weighted by Gasteiger charge is 2.14. The molecule has 0 spiro atoms. The number of hydrogen-bond donors (Lipinski definition) is 0. The van der Waals surface area contributed by atoms with E-state index in [1.807, 2.05) is 52.9 Å². The summed E-state index contributed by atoms with van der Waals surface area (Å²) in [4.78, 5) is 12.5. The summed E-state index contributed by atoms with van der Waals surface area (Å²) in [5, 5.41) is 9.86. The van der Waals surface area contributed by atoms with Crippen molar-refractivity contribution in [1.82, 2.24) is 19.2 Å². The van der Waals surface area contributed by atoms with Crippen LogP contribution in [0.4, 0.5) is 0 Å². The number of hydrogen-bond acceptors (Lipinski definition) is 6. The van der Waals surface area contributed by atoms with Crippen LogP contribution in [0.5, 0.6) is 11.5 Å². The minimum Gasteiger partial charge on any atom is -0.494 e. The summed E-state index contributed by atoms with van der Waals surface area (Å²) in [6.45, 7) is 3.32. The van der Waals surface area contributed by atoms with Crippen molar-refractivity contribution < 1.29 is 9.47 Å². The fourth-order valence-corrected chi connectivity index (χ4v) is 3.81. The van der Waals surface area contributed by atoms with Crippen molar-refractivity contribution in [1.29, 1.82) is 0 Å². The van der Waals surface area contributed by atoms with E-state index in [0.717, 1.165) is 28.6 Å². The molecule has 29 heavy (non-hydrogen) atoms. The molecular formula is C21H22N4O3S. The van der Waals surface area contributed by atoms with Gasteiger partial charge in [0.15, 0.2) is 5.16 Å². The van der Waals surface area contributed by atoms with E-state index in [1.165, 1.54) is 4.57 Å². The minimum atomic E-state index is -0.0771. The first-order chi connectivity index (χ1) is 14.2. The second-order valence-electron chi connectivity index (χ2n) is 6.52. The average molecular weight is 410 g/mol. The number of fused-ring (bicyclic) bond motifs is 3. The molecule has 0 radical (unpaired) electrons. The Kier molecular flexibility index (Phi) is 5.71. The zero-order valence-electron chi connectivity index (χ0n) is 16.4. The van der Waals surface area contributed by atoms with Gasteiger partial charge in [0.1, 0.15) is 11.5 Å². The zero-order chi connectivity index (χ0) is 20.2. The Labute approximate surface area is 172 Å². The topological polar surface area (TPSA) is 70.7 Å². The Morgan fingerprint density at radius 2 is 1.66 bits per heavy atom. The Hall–Kier alpha value is -3.00. The minimum absolute atomic E-state index is 0.0771. The molecule has 4 rings (SSSR count). The van der Waals surface area contributed by atoms with E-state index < -0.39 is 0 Å². The molecule has 0 aliphatic carbocycles. The van der Waals surface area contributed by atoms with Crippen molar-refractivity contribution in [3.8, 4) is 11.5 Å². The van der Waals surface area contributed by atoms with Gasteiger partial charge in [0, 0.05) is 12.8 Å². The first-order valence-corrected chi connectivity index (χ1v) is 10.5. The Morgan fingerprint density at radius 1 is 0.966 bits per heavy atom. The summed E-state index contributed by atoms with van der Waals surface area (Å²) in [6.07, 6.45) is 0.982. The normalized spacial score (nSPS) is 11.2. The molecule has 2 aromatic carbocycles. The Balaban J connectivity index is 1.45. The first-order valence-electron chi connectivity index (χ1n) is 9.50. The molecule has 0 saturated carbocycles. The Bertz CT molecular complexity index is 1180. The lowest BCUT2D eigenvalue weighted by molar-refractivity contribution is 0.314. The third-order valence-corrected chi connectivity index (χ3v) is 5.37. The highest BCUT2D eigenvalue weighted by Crippen LogP contribution is 2.22. The Morgan fingerprint density at radius 3 is 2.38 bits per heavy atom. The van der Waals surface area contributed by atoms with Gasteiger partial charge in [0.25, 0.3) is 5.56 Å². The van der Waals surface area contributed by atoms with Crippen LogP contribution in [0.15, 0.2) is 58.5 Å². The number of ether oxygens (including phenoxy) is 2. The smallest absolute Gasteiger partial charge is 0.262 e. The van der Waals surface area contributed by atoms with E-state index in [0.29, 0.717) is 30.1 Å². The molecule has 0 aliphatic heterocycles. The molecule has 2 heterocycles. The molecular weight excluding hydrogens is 388 g/mol. The van der Waals surface area contributed by atoms with Crippen LogP contribution >= 0.6 is 11.8 Å². The van der Waals surface area contributed by atoms with Gasteiger partial charge < -0.3 is 9.47 Å². The van der Waals surface area contributed by atoms with Crippen LogP contribution in [-0.2, 0) is 7.05 Å². The van der Waals surface area contributed by atoms with Gasteiger partial charge in [-0.15, -0.1) is 10.2 Å². The maximum atomic E-state index is 12.5. The van der Waals surface area contributed by atoms with Crippen LogP contribution in [0.1, 0.15) is 13.3 Å². The largest absolute Gasteiger partial charge is 0.494 e. The standard InChI is InChI=1S/C21H22N4O3S/c1-3-12-27-15-8-10-16(11-9-15)28-13-14-29-21-23-22-20-24(2)19(26)17-6-4-5-7-18(17)25(20)21/h4-11H,3,12-14H2,1-2H3. The van der Waals surface area contributed by atoms with Gasteiger partial charge >= 0.3 is 0 Å². The molecule has 0 bridgehead atoms. The molecule has 0 atom stereocenters. The number of para-hydroxylation sites is 1. The van der Waals surface area contributed by atoms with Crippen LogP contribution in [0.25, 0.3) is 16.7 Å². The fourth-order valence-electron chi connectivity index (χ4n) is 3.05. The van der Waals surface area contributed by atoms with E-state index in [1.54, 1.807) is 18.8 Å². The average Bonchev–Trinajstić information content (AvgIpc) is 3.18. The van der Waals surface area contributed by atoms with Gasteiger partial charge in [-0.25, -0.2) is 0 Å². The molecule has 0 N–H and O–H groups in total. The third-order valence-electron chi connectivity index (χ3n) is 4.48. The molecule has 4 aromatic rings. The van der Waals surface area contributed by atoms with Crippen molar-refractivity contribution in [3.63, 3.8) is 0 Å². The summed E-state index contributed by atoms with van der Waals surface area (Å²) in [5.74, 6) is 2.88. The predicted octanol–water partition coefficient (Wildman–Crippen LogP) is 3.54. The van der Waals surface area contributed by atoms with E-state index in [9.17, 15) is 4.79 Å². The molecule has 0 aliphatic rings. The van der Waals surface area contributed by atoms with Crippen molar-refractivity contribution in [3.05, 3.63) is 58.9 Å². The van der Waals surface area contributed by atoms with Gasteiger partial charge in [0.05, 0.1) is 24.1 Å². The number of benzene rings is 2. The van der Waals surface area contributed by atoms with E-state index in [2.05, 4.69) is 17.1 Å². The number of rotatable bonds is 8. The van der Waals surface area contributed by atoms with Crippen LogP contribution in [-0.4, -0.2) is 38.1 Å². The van der Waals surface area contributed by atoms with Crippen LogP contribution in [0, 0.1) is 0 Å². The summed E-state index contributed by atoms with van der Waals surface area (Å²) in [7, 11) is 1.71. The molecule has 150 valence electrons. The second kappa shape index (κ2) is 8.57. The SMILES string of the molecule is CCCOc1ccc(OCCSc2nnc3n(C)c(=O)c4ccccc4n23)cc1.